The maximum absolute atomic E-state index is 13.5. The van der Waals surface area contributed by atoms with Gasteiger partial charge in [-0.3, -0.25) is 4.79 Å². The van der Waals surface area contributed by atoms with Crippen LogP contribution in [0.4, 0.5) is 10.5 Å². The minimum atomic E-state index is -0.341. The van der Waals surface area contributed by atoms with Crippen LogP contribution in [0.2, 0.25) is 0 Å². The molecule has 0 fully saturated rings. The van der Waals surface area contributed by atoms with E-state index < -0.39 is 0 Å². The van der Waals surface area contributed by atoms with Crippen LogP contribution in [0.25, 0.3) is 0 Å². The summed E-state index contributed by atoms with van der Waals surface area (Å²) in [6.45, 7) is 9.19. The number of urea groups is 1. The lowest BCUT2D eigenvalue weighted by molar-refractivity contribution is -0.132. The maximum atomic E-state index is 13.5. The normalized spacial score (nSPS) is 10.7. The Balaban J connectivity index is 1.71. The molecule has 38 heavy (non-hydrogen) atoms. The van der Waals surface area contributed by atoms with E-state index in [0.717, 1.165) is 10.4 Å². The van der Waals surface area contributed by atoms with Gasteiger partial charge >= 0.3 is 6.03 Å². The number of amides is 3. The first-order valence-electron chi connectivity index (χ1n) is 12.6. The highest BCUT2D eigenvalue weighted by atomic mass is 32.1. The minimum absolute atomic E-state index is 0.0563. The first-order valence-corrected chi connectivity index (χ1v) is 13.5. The van der Waals surface area contributed by atoms with Gasteiger partial charge in [-0.15, -0.1) is 17.9 Å². The van der Waals surface area contributed by atoms with Gasteiger partial charge in [-0.1, -0.05) is 44.2 Å². The van der Waals surface area contributed by atoms with Gasteiger partial charge in [-0.25, -0.2) is 4.79 Å². The zero-order valence-electron chi connectivity index (χ0n) is 22.6. The summed E-state index contributed by atoms with van der Waals surface area (Å²) in [5.74, 6) is 1.58. The summed E-state index contributed by atoms with van der Waals surface area (Å²) in [7, 11) is 3.21. The molecule has 1 aromatic heterocycles. The zero-order chi connectivity index (χ0) is 27.5. The van der Waals surface area contributed by atoms with E-state index >= 15 is 0 Å². The Labute approximate surface area is 229 Å². The molecule has 0 radical (unpaired) electrons. The van der Waals surface area contributed by atoms with Crippen molar-refractivity contribution in [1.82, 2.24) is 9.80 Å². The number of carbonyl (C=O) groups excluding carboxylic acids is 2. The number of nitrogens with one attached hydrogen (secondary N) is 1. The predicted octanol–water partition coefficient (Wildman–Crippen LogP) is 6.18. The number of methoxy groups -OCH3 is 2. The Kier molecular flexibility index (Phi) is 10.8. The van der Waals surface area contributed by atoms with Gasteiger partial charge < -0.3 is 24.6 Å². The van der Waals surface area contributed by atoms with Crippen LogP contribution in [-0.4, -0.2) is 55.6 Å². The predicted molar refractivity (Wildman–Crippen MR) is 154 cm³/mol. The number of hydrogen-bond acceptors (Lipinski definition) is 5. The molecule has 0 unspecified atom stereocenters. The molecular weight excluding hydrogens is 498 g/mol. The Bertz CT molecular complexity index is 1190. The van der Waals surface area contributed by atoms with Crippen LogP contribution < -0.4 is 14.8 Å². The van der Waals surface area contributed by atoms with E-state index in [2.05, 4.69) is 25.7 Å². The zero-order valence-corrected chi connectivity index (χ0v) is 23.4. The molecule has 2 aromatic carbocycles. The van der Waals surface area contributed by atoms with Gasteiger partial charge in [-0.2, -0.15) is 0 Å². The molecule has 1 N–H and O–H groups in total. The second-order valence-corrected chi connectivity index (χ2v) is 10.2. The molecule has 202 valence electrons. The number of nitrogens with zero attached hydrogens (tertiary/aromatic N) is 2. The lowest BCUT2D eigenvalue weighted by Gasteiger charge is -2.27. The second kappa shape index (κ2) is 14.2. The number of carbonyl (C=O) groups is 2. The van der Waals surface area contributed by atoms with E-state index in [0.29, 0.717) is 42.6 Å². The van der Waals surface area contributed by atoms with Crippen LogP contribution in [0.3, 0.4) is 0 Å². The van der Waals surface area contributed by atoms with E-state index in [1.54, 1.807) is 36.5 Å². The smallest absolute Gasteiger partial charge is 0.322 e. The average Bonchev–Trinajstić information content (AvgIpc) is 3.44. The molecule has 1 heterocycles. The third-order valence-electron chi connectivity index (χ3n) is 6.19. The molecule has 3 amide bonds. The van der Waals surface area contributed by atoms with Crippen molar-refractivity contribution < 1.29 is 19.1 Å². The van der Waals surface area contributed by atoms with E-state index in [4.69, 9.17) is 9.47 Å². The van der Waals surface area contributed by atoms with Crippen LogP contribution in [-0.2, 0) is 17.8 Å². The number of rotatable bonds is 13. The fourth-order valence-corrected chi connectivity index (χ4v) is 4.69. The topological polar surface area (TPSA) is 71.1 Å². The molecule has 0 aliphatic carbocycles. The second-order valence-electron chi connectivity index (χ2n) is 9.21. The number of ether oxygens (including phenoxy) is 2. The lowest BCUT2D eigenvalue weighted by Crippen LogP contribution is -2.44. The first-order chi connectivity index (χ1) is 18.3. The molecule has 0 bridgehead atoms. The summed E-state index contributed by atoms with van der Waals surface area (Å²) in [4.78, 5) is 30.9. The largest absolute Gasteiger partial charge is 0.493 e. The van der Waals surface area contributed by atoms with Gasteiger partial charge in [0.15, 0.2) is 11.5 Å². The fourth-order valence-electron chi connectivity index (χ4n) is 3.98. The van der Waals surface area contributed by atoms with Crippen LogP contribution in [0.1, 0.15) is 35.8 Å². The van der Waals surface area contributed by atoms with Gasteiger partial charge in [0.1, 0.15) is 6.54 Å². The highest BCUT2D eigenvalue weighted by molar-refractivity contribution is 7.09. The Hall–Kier alpha value is -3.78. The Morgan fingerprint density at radius 3 is 2.37 bits per heavy atom. The molecule has 0 aliphatic rings. The molecule has 0 atom stereocenters. The van der Waals surface area contributed by atoms with Crippen molar-refractivity contribution in [3.63, 3.8) is 0 Å². The van der Waals surface area contributed by atoms with Crippen molar-refractivity contribution in [2.75, 3.05) is 39.2 Å². The summed E-state index contributed by atoms with van der Waals surface area (Å²) in [5, 5.41) is 4.90. The summed E-state index contributed by atoms with van der Waals surface area (Å²) >= 11 is 1.60. The van der Waals surface area contributed by atoms with Crippen LogP contribution >= 0.6 is 11.3 Å². The molecule has 0 saturated carbocycles. The summed E-state index contributed by atoms with van der Waals surface area (Å²) in [5.41, 5.74) is 2.90. The van der Waals surface area contributed by atoms with Gasteiger partial charge in [0.2, 0.25) is 5.91 Å². The van der Waals surface area contributed by atoms with Crippen LogP contribution in [0.5, 0.6) is 11.5 Å². The summed E-state index contributed by atoms with van der Waals surface area (Å²) in [6, 6.07) is 17.2. The first kappa shape index (κ1) is 28.8. The number of hydrogen-bond donors (Lipinski definition) is 1. The standard InChI is InChI=1S/C30H37N3O4S/c1-6-16-33(30(35)31-25-12-10-24(11-13-25)22(2)3)21-29(34)32(20-26-8-7-18-38-26)17-15-23-9-14-27(36-4)28(19-23)37-5/h6-14,18-19,22H,1,15-17,20-21H2,2-5H3,(H,31,35). The van der Waals surface area contributed by atoms with E-state index in [1.165, 1.54) is 10.5 Å². The van der Waals surface area contributed by atoms with Crippen molar-refractivity contribution >= 4 is 29.0 Å². The van der Waals surface area contributed by atoms with Gasteiger partial charge in [0, 0.05) is 23.7 Å². The number of anilines is 1. The Morgan fingerprint density at radius 2 is 1.76 bits per heavy atom. The summed E-state index contributed by atoms with van der Waals surface area (Å²) in [6.07, 6.45) is 2.26. The SMILES string of the molecule is C=CCN(CC(=O)N(CCc1ccc(OC)c(OC)c1)Cc1cccs1)C(=O)Nc1ccc(C(C)C)cc1. The van der Waals surface area contributed by atoms with E-state index in [1.807, 2.05) is 60.0 Å². The molecule has 7 nitrogen and oxygen atoms in total. The lowest BCUT2D eigenvalue weighted by atomic mass is 10.0. The van der Waals surface area contributed by atoms with Crippen LogP contribution in [0, 0.1) is 0 Å². The summed E-state index contributed by atoms with van der Waals surface area (Å²) < 4.78 is 10.8. The quantitative estimate of drug-likeness (QED) is 0.265. The molecule has 3 rings (SSSR count). The number of thiophene rings is 1. The van der Waals surface area contributed by atoms with E-state index in [9.17, 15) is 9.59 Å². The average molecular weight is 536 g/mol. The van der Waals surface area contributed by atoms with Gasteiger partial charge in [-0.05, 0) is 59.2 Å². The maximum Gasteiger partial charge on any atom is 0.322 e. The molecule has 0 spiro atoms. The van der Waals surface area contributed by atoms with Gasteiger partial charge in [0.25, 0.3) is 0 Å². The van der Waals surface area contributed by atoms with Crippen molar-refractivity contribution in [1.29, 1.82) is 0 Å². The highest BCUT2D eigenvalue weighted by Crippen LogP contribution is 2.28. The molecule has 0 aliphatic heterocycles. The van der Waals surface area contributed by atoms with E-state index in [-0.39, 0.29) is 25.0 Å². The molecule has 0 saturated heterocycles. The monoisotopic (exact) mass is 535 g/mol. The molecule has 3 aromatic rings. The third-order valence-corrected chi connectivity index (χ3v) is 7.05. The van der Waals surface area contributed by atoms with Crippen molar-refractivity contribution in [2.45, 2.75) is 32.7 Å². The van der Waals surface area contributed by atoms with Crippen molar-refractivity contribution in [2.24, 2.45) is 0 Å². The minimum Gasteiger partial charge on any atom is -0.493 e. The number of benzene rings is 2. The fraction of sp³-hybridized carbons (Fsp3) is 0.333. The molecule has 8 heteroatoms. The Morgan fingerprint density at radius 1 is 1.03 bits per heavy atom. The highest BCUT2D eigenvalue weighted by Gasteiger charge is 2.22. The van der Waals surface area contributed by atoms with Gasteiger partial charge in [0.05, 0.1) is 20.8 Å². The molecular formula is C30H37N3O4S. The van der Waals surface area contributed by atoms with Crippen LogP contribution in [0.15, 0.2) is 72.6 Å². The van der Waals surface area contributed by atoms with Crippen molar-refractivity contribution in [3.05, 3.63) is 88.6 Å². The third kappa shape index (κ3) is 8.11. The van der Waals surface area contributed by atoms with Crippen molar-refractivity contribution in [3.8, 4) is 11.5 Å².